The molecule has 0 saturated carbocycles. The van der Waals surface area contributed by atoms with Gasteiger partial charge in [0.05, 0.1) is 13.0 Å². The second-order valence-electron chi connectivity index (χ2n) is 3.40. The third-order valence-corrected chi connectivity index (χ3v) is 2.05. The topological polar surface area (TPSA) is 66.8 Å². The number of carboxylic acids is 1. The SMILES string of the molecule is Cc1cc(OCCC(=O)O)cc(C)c1O. The summed E-state index contributed by atoms with van der Waals surface area (Å²) in [6.45, 7) is 3.68. The first-order valence-corrected chi connectivity index (χ1v) is 4.65. The van der Waals surface area contributed by atoms with E-state index in [2.05, 4.69) is 0 Å². The van der Waals surface area contributed by atoms with E-state index in [9.17, 15) is 9.90 Å². The number of aliphatic carboxylic acids is 1. The lowest BCUT2D eigenvalue weighted by Crippen LogP contribution is -2.05. The predicted molar refractivity (Wildman–Crippen MR) is 55.3 cm³/mol. The lowest BCUT2D eigenvalue weighted by atomic mass is 10.1. The van der Waals surface area contributed by atoms with Gasteiger partial charge in [0.2, 0.25) is 0 Å². The van der Waals surface area contributed by atoms with Gasteiger partial charge in [-0.1, -0.05) is 0 Å². The normalized spacial score (nSPS) is 10.0. The van der Waals surface area contributed by atoms with Crippen LogP contribution >= 0.6 is 0 Å². The van der Waals surface area contributed by atoms with Gasteiger partial charge in [-0.3, -0.25) is 4.79 Å². The van der Waals surface area contributed by atoms with E-state index < -0.39 is 5.97 Å². The molecule has 0 unspecified atom stereocenters. The van der Waals surface area contributed by atoms with Gasteiger partial charge in [-0.2, -0.15) is 0 Å². The number of carbonyl (C=O) groups is 1. The fourth-order valence-corrected chi connectivity index (χ4v) is 1.26. The standard InChI is InChI=1S/C11H14O4/c1-7-5-9(6-8(2)11(7)14)15-4-3-10(12)13/h5-6,14H,3-4H2,1-2H3,(H,12,13). The highest BCUT2D eigenvalue weighted by atomic mass is 16.5. The average molecular weight is 210 g/mol. The summed E-state index contributed by atoms with van der Waals surface area (Å²) in [5.41, 5.74) is 1.45. The highest BCUT2D eigenvalue weighted by molar-refractivity contribution is 5.66. The Kier molecular flexibility index (Phi) is 3.55. The number of phenols is 1. The van der Waals surface area contributed by atoms with Crippen LogP contribution < -0.4 is 4.74 Å². The van der Waals surface area contributed by atoms with Crippen molar-refractivity contribution in [3.05, 3.63) is 23.3 Å². The number of phenolic OH excluding ortho intramolecular Hbond substituents is 1. The summed E-state index contributed by atoms with van der Waals surface area (Å²) in [6.07, 6.45) is -0.0288. The van der Waals surface area contributed by atoms with Crippen LogP contribution in [0.5, 0.6) is 11.5 Å². The Labute approximate surface area is 88.1 Å². The Hall–Kier alpha value is -1.71. The van der Waals surface area contributed by atoms with Gasteiger partial charge in [0.1, 0.15) is 11.5 Å². The minimum atomic E-state index is -0.887. The lowest BCUT2D eigenvalue weighted by molar-refractivity contribution is -0.137. The minimum Gasteiger partial charge on any atom is -0.507 e. The molecule has 0 heterocycles. The monoisotopic (exact) mass is 210 g/mol. The third-order valence-electron chi connectivity index (χ3n) is 2.05. The summed E-state index contributed by atoms with van der Waals surface area (Å²) >= 11 is 0. The van der Waals surface area contributed by atoms with Gasteiger partial charge in [-0.05, 0) is 37.1 Å². The number of rotatable bonds is 4. The number of hydrogen-bond acceptors (Lipinski definition) is 3. The van der Waals surface area contributed by atoms with Crippen molar-refractivity contribution >= 4 is 5.97 Å². The van der Waals surface area contributed by atoms with Gasteiger partial charge in [0, 0.05) is 0 Å². The first kappa shape index (κ1) is 11.4. The molecule has 0 aliphatic carbocycles. The van der Waals surface area contributed by atoms with E-state index in [-0.39, 0.29) is 18.8 Å². The fraction of sp³-hybridized carbons (Fsp3) is 0.364. The quantitative estimate of drug-likeness (QED) is 0.796. The summed E-state index contributed by atoms with van der Waals surface area (Å²) in [5.74, 6) is -0.0492. The van der Waals surface area contributed by atoms with Crippen LogP contribution in [0, 0.1) is 13.8 Å². The summed E-state index contributed by atoms with van der Waals surface area (Å²) in [5, 5.41) is 17.9. The van der Waals surface area contributed by atoms with Gasteiger partial charge >= 0.3 is 5.97 Å². The molecule has 0 atom stereocenters. The van der Waals surface area contributed by atoms with Gasteiger partial charge in [0.25, 0.3) is 0 Å². The molecule has 1 aromatic rings. The van der Waals surface area contributed by atoms with Crippen molar-refractivity contribution in [1.29, 1.82) is 0 Å². The summed E-state index contributed by atoms with van der Waals surface area (Å²) in [4.78, 5) is 10.3. The Balaban J connectivity index is 2.66. The van der Waals surface area contributed by atoms with Crippen LogP contribution in [0.4, 0.5) is 0 Å². The molecule has 1 aromatic carbocycles. The van der Waals surface area contributed by atoms with E-state index in [4.69, 9.17) is 9.84 Å². The van der Waals surface area contributed by atoms with E-state index in [1.54, 1.807) is 26.0 Å². The van der Waals surface area contributed by atoms with Crippen LogP contribution in [-0.2, 0) is 4.79 Å². The Morgan fingerprint density at radius 1 is 1.33 bits per heavy atom. The highest BCUT2D eigenvalue weighted by Crippen LogP contribution is 2.26. The van der Waals surface area contributed by atoms with Gasteiger partial charge in [-0.25, -0.2) is 0 Å². The highest BCUT2D eigenvalue weighted by Gasteiger charge is 2.04. The molecule has 0 fully saturated rings. The first-order valence-electron chi connectivity index (χ1n) is 4.65. The van der Waals surface area contributed by atoms with Gasteiger partial charge < -0.3 is 14.9 Å². The average Bonchev–Trinajstić information content (AvgIpc) is 2.13. The molecule has 0 aromatic heterocycles. The predicted octanol–water partition coefficient (Wildman–Crippen LogP) is 1.86. The maximum absolute atomic E-state index is 10.3. The molecule has 0 aliphatic heterocycles. The second kappa shape index (κ2) is 4.68. The van der Waals surface area contributed by atoms with Crippen LogP contribution in [0.1, 0.15) is 17.5 Å². The number of aromatic hydroxyl groups is 1. The van der Waals surface area contributed by atoms with Gasteiger partial charge in [0.15, 0.2) is 0 Å². The third kappa shape index (κ3) is 3.16. The lowest BCUT2D eigenvalue weighted by Gasteiger charge is -2.08. The molecule has 2 N–H and O–H groups in total. The summed E-state index contributed by atoms with van der Waals surface area (Å²) < 4.78 is 5.24. The van der Waals surface area contributed by atoms with E-state index in [0.717, 1.165) is 11.1 Å². The van der Waals surface area contributed by atoms with Gasteiger partial charge in [-0.15, -0.1) is 0 Å². The smallest absolute Gasteiger partial charge is 0.306 e. The summed E-state index contributed by atoms with van der Waals surface area (Å²) in [6, 6.07) is 3.37. The largest absolute Gasteiger partial charge is 0.507 e. The van der Waals surface area contributed by atoms with Crippen LogP contribution in [-0.4, -0.2) is 22.8 Å². The Morgan fingerprint density at radius 2 is 1.87 bits per heavy atom. The molecule has 0 spiro atoms. The molecule has 0 saturated heterocycles. The number of carboxylic acid groups (broad SMARTS) is 1. The molecule has 1 rings (SSSR count). The van der Waals surface area contributed by atoms with Crippen molar-refractivity contribution in [2.45, 2.75) is 20.3 Å². The Morgan fingerprint density at radius 3 is 2.33 bits per heavy atom. The molecule has 0 bridgehead atoms. The van der Waals surface area contributed by atoms with Crippen molar-refractivity contribution in [1.82, 2.24) is 0 Å². The van der Waals surface area contributed by atoms with E-state index in [1.807, 2.05) is 0 Å². The van der Waals surface area contributed by atoms with E-state index >= 15 is 0 Å². The van der Waals surface area contributed by atoms with Crippen LogP contribution in [0.15, 0.2) is 12.1 Å². The summed E-state index contributed by atoms with van der Waals surface area (Å²) in [7, 11) is 0. The van der Waals surface area contributed by atoms with Crippen molar-refractivity contribution in [3.8, 4) is 11.5 Å². The number of ether oxygens (including phenoxy) is 1. The molecule has 0 radical (unpaired) electrons. The maximum Gasteiger partial charge on any atom is 0.306 e. The Bertz CT molecular complexity index is 348. The van der Waals surface area contributed by atoms with Crippen molar-refractivity contribution in [3.63, 3.8) is 0 Å². The maximum atomic E-state index is 10.3. The van der Waals surface area contributed by atoms with Crippen molar-refractivity contribution in [2.24, 2.45) is 0 Å². The molecule has 15 heavy (non-hydrogen) atoms. The molecule has 82 valence electrons. The van der Waals surface area contributed by atoms with E-state index in [1.165, 1.54) is 0 Å². The van der Waals surface area contributed by atoms with Crippen LogP contribution in [0.2, 0.25) is 0 Å². The molecule has 4 nitrogen and oxygen atoms in total. The number of hydrogen-bond donors (Lipinski definition) is 2. The van der Waals surface area contributed by atoms with Crippen LogP contribution in [0.25, 0.3) is 0 Å². The molecular weight excluding hydrogens is 196 g/mol. The number of benzene rings is 1. The fourth-order valence-electron chi connectivity index (χ4n) is 1.26. The number of aryl methyl sites for hydroxylation is 2. The zero-order valence-electron chi connectivity index (χ0n) is 8.78. The van der Waals surface area contributed by atoms with Crippen molar-refractivity contribution in [2.75, 3.05) is 6.61 Å². The molecule has 0 amide bonds. The van der Waals surface area contributed by atoms with Crippen LogP contribution in [0.3, 0.4) is 0 Å². The minimum absolute atomic E-state index is 0.0288. The zero-order chi connectivity index (χ0) is 11.4. The zero-order valence-corrected chi connectivity index (χ0v) is 8.78. The molecule has 0 aliphatic rings. The second-order valence-corrected chi connectivity index (χ2v) is 3.40. The van der Waals surface area contributed by atoms with Crippen molar-refractivity contribution < 1.29 is 19.7 Å². The first-order chi connectivity index (χ1) is 7.00. The molecule has 4 heteroatoms. The molecular formula is C11H14O4. The van der Waals surface area contributed by atoms with E-state index in [0.29, 0.717) is 5.75 Å².